The molecule has 0 unspecified atom stereocenters. The molecule has 1 saturated carbocycles. The van der Waals surface area contributed by atoms with Gasteiger partial charge in [0.1, 0.15) is 5.82 Å². The van der Waals surface area contributed by atoms with Gasteiger partial charge < -0.3 is 15.0 Å². The van der Waals surface area contributed by atoms with Crippen molar-refractivity contribution < 1.29 is 14.3 Å². The number of hydrogen-bond donors (Lipinski definition) is 2. The molecule has 0 bridgehead atoms. The van der Waals surface area contributed by atoms with Gasteiger partial charge in [-0.3, -0.25) is 4.79 Å². The number of aryl methyl sites for hydroxylation is 1. The zero-order chi connectivity index (χ0) is 16.4. The van der Waals surface area contributed by atoms with Crippen LogP contribution in [-0.2, 0) is 7.05 Å². The molecular weight excluding hydrogens is 295 g/mol. The Morgan fingerprint density at radius 3 is 2.78 bits per heavy atom. The first-order valence-electron chi connectivity index (χ1n) is 8.23. The van der Waals surface area contributed by atoms with Crippen molar-refractivity contribution in [2.24, 2.45) is 7.05 Å². The summed E-state index contributed by atoms with van der Waals surface area (Å²) in [5.74, 6) is -0.531. The molecule has 1 aromatic heterocycles. The summed E-state index contributed by atoms with van der Waals surface area (Å²) in [6, 6.07) is 4.49. The predicted molar refractivity (Wildman–Crippen MR) is 87.9 cm³/mol. The molecule has 5 heteroatoms. The number of aliphatic hydroxyl groups excluding tert-OH is 1. The number of nitrogens with one attached hydrogen (secondary N) is 1. The smallest absolute Gasteiger partial charge is 0.253 e. The predicted octanol–water partition coefficient (Wildman–Crippen LogP) is 3.13. The van der Waals surface area contributed by atoms with Gasteiger partial charge in [0.2, 0.25) is 0 Å². The lowest BCUT2D eigenvalue weighted by Crippen LogP contribution is -2.50. The van der Waals surface area contributed by atoms with Crippen molar-refractivity contribution in [3.05, 3.63) is 35.8 Å². The second-order valence-corrected chi connectivity index (χ2v) is 6.58. The van der Waals surface area contributed by atoms with Crippen LogP contribution in [-0.4, -0.2) is 27.7 Å². The molecular formula is C18H23FN2O2. The molecule has 124 valence electrons. The van der Waals surface area contributed by atoms with Crippen LogP contribution in [0.3, 0.4) is 0 Å². The molecule has 1 aliphatic carbocycles. The molecule has 2 aromatic rings. The summed E-state index contributed by atoms with van der Waals surface area (Å²) in [4.78, 5) is 12.8. The largest absolute Gasteiger partial charge is 0.396 e. The number of carbonyl (C=O) groups excluding carboxylic acids is 1. The Morgan fingerprint density at radius 2 is 2.09 bits per heavy atom. The van der Waals surface area contributed by atoms with Gasteiger partial charge in [-0.2, -0.15) is 0 Å². The van der Waals surface area contributed by atoms with Crippen molar-refractivity contribution in [3.63, 3.8) is 0 Å². The molecule has 1 fully saturated rings. The Labute approximate surface area is 135 Å². The Hall–Kier alpha value is -1.88. The topological polar surface area (TPSA) is 54.3 Å². The average Bonchev–Trinajstić information content (AvgIpc) is 2.85. The van der Waals surface area contributed by atoms with Crippen LogP contribution in [0, 0.1) is 5.82 Å². The summed E-state index contributed by atoms with van der Waals surface area (Å²) in [6.07, 6.45) is 7.38. The number of carbonyl (C=O) groups is 1. The first-order valence-corrected chi connectivity index (χ1v) is 8.23. The first-order chi connectivity index (χ1) is 11.0. The summed E-state index contributed by atoms with van der Waals surface area (Å²) in [5, 5.41) is 13.1. The summed E-state index contributed by atoms with van der Waals surface area (Å²) in [5.41, 5.74) is 0.987. The van der Waals surface area contributed by atoms with Crippen LogP contribution in [0.5, 0.6) is 0 Å². The average molecular weight is 318 g/mol. The molecule has 23 heavy (non-hydrogen) atoms. The highest BCUT2D eigenvalue weighted by Crippen LogP contribution is 2.32. The maximum absolute atomic E-state index is 13.6. The third-order valence-electron chi connectivity index (χ3n) is 4.98. The van der Waals surface area contributed by atoms with E-state index in [-0.39, 0.29) is 23.9 Å². The molecule has 1 aromatic carbocycles. The highest BCUT2D eigenvalue weighted by atomic mass is 19.1. The van der Waals surface area contributed by atoms with E-state index in [4.69, 9.17) is 0 Å². The van der Waals surface area contributed by atoms with E-state index >= 15 is 0 Å². The third kappa shape index (κ3) is 3.11. The lowest BCUT2D eigenvalue weighted by atomic mass is 9.79. The quantitative estimate of drug-likeness (QED) is 0.910. The Kier molecular flexibility index (Phi) is 4.39. The van der Waals surface area contributed by atoms with E-state index in [1.165, 1.54) is 18.6 Å². The molecule has 0 atom stereocenters. The molecule has 2 N–H and O–H groups in total. The normalized spacial score (nSPS) is 17.3. The third-order valence-corrected chi connectivity index (χ3v) is 4.98. The van der Waals surface area contributed by atoms with Crippen LogP contribution >= 0.6 is 0 Å². The fraction of sp³-hybridized carbons (Fsp3) is 0.500. The minimum atomic E-state index is -0.347. The Balaban J connectivity index is 1.92. The Morgan fingerprint density at radius 1 is 1.35 bits per heavy atom. The molecule has 0 saturated heterocycles. The van der Waals surface area contributed by atoms with Crippen LogP contribution in [0.2, 0.25) is 0 Å². The van der Waals surface area contributed by atoms with E-state index < -0.39 is 0 Å². The second kappa shape index (κ2) is 6.32. The van der Waals surface area contributed by atoms with E-state index in [2.05, 4.69) is 5.32 Å². The number of hydrogen-bond acceptors (Lipinski definition) is 2. The van der Waals surface area contributed by atoms with Crippen molar-refractivity contribution >= 4 is 16.8 Å². The standard InChI is InChI=1S/C18H23FN2O2/c1-21-12-15(14-11-13(19)5-6-16(14)21)17(23)20-18(9-10-22)7-3-2-4-8-18/h5-6,11-12,22H,2-4,7-10H2,1H3,(H,20,23). The van der Waals surface area contributed by atoms with E-state index in [9.17, 15) is 14.3 Å². The van der Waals surface area contributed by atoms with Gasteiger partial charge in [-0.1, -0.05) is 19.3 Å². The molecule has 0 aliphatic heterocycles. The zero-order valence-electron chi connectivity index (χ0n) is 13.4. The molecule has 1 heterocycles. The highest BCUT2D eigenvalue weighted by molar-refractivity contribution is 6.07. The van der Waals surface area contributed by atoms with Gasteiger partial charge >= 0.3 is 0 Å². The van der Waals surface area contributed by atoms with E-state index in [0.29, 0.717) is 17.4 Å². The van der Waals surface area contributed by atoms with Crippen LogP contribution in [0.4, 0.5) is 4.39 Å². The molecule has 1 aliphatic rings. The van der Waals surface area contributed by atoms with E-state index in [0.717, 1.165) is 31.2 Å². The van der Waals surface area contributed by atoms with Gasteiger partial charge in [0, 0.05) is 36.3 Å². The fourth-order valence-electron chi connectivity index (χ4n) is 3.73. The van der Waals surface area contributed by atoms with Crippen LogP contribution in [0.25, 0.3) is 10.9 Å². The lowest BCUT2D eigenvalue weighted by Gasteiger charge is -2.37. The molecule has 0 radical (unpaired) electrons. The summed E-state index contributed by atoms with van der Waals surface area (Å²) >= 11 is 0. The number of amides is 1. The van der Waals surface area contributed by atoms with Crippen LogP contribution in [0.15, 0.2) is 24.4 Å². The van der Waals surface area contributed by atoms with Crippen LogP contribution in [0.1, 0.15) is 48.9 Å². The van der Waals surface area contributed by atoms with Crippen LogP contribution < -0.4 is 5.32 Å². The van der Waals surface area contributed by atoms with Crippen molar-refractivity contribution in [1.82, 2.24) is 9.88 Å². The maximum atomic E-state index is 13.6. The molecule has 4 nitrogen and oxygen atoms in total. The monoisotopic (exact) mass is 318 g/mol. The fourth-order valence-corrected chi connectivity index (χ4v) is 3.73. The number of aliphatic hydroxyl groups is 1. The molecule has 3 rings (SSSR count). The SMILES string of the molecule is Cn1cc(C(=O)NC2(CCO)CCCCC2)c2cc(F)ccc21. The Bertz CT molecular complexity index is 712. The van der Waals surface area contributed by atoms with Gasteiger partial charge in [0.25, 0.3) is 5.91 Å². The minimum Gasteiger partial charge on any atom is -0.396 e. The van der Waals surface area contributed by atoms with Crippen molar-refractivity contribution in [3.8, 4) is 0 Å². The molecule has 1 amide bonds. The van der Waals surface area contributed by atoms with Crippen molar-refractivity contribution in [1.29, 1.82) is 0 Å². The summed E-state index contributed by atoms with van der Waals surface area (Å²) in [6.45, 7) is 0.0600. The van der Waals surface area contributed by atoms with Gasteiger partial charge in [-0.15, -0.1) is 0 Å². The van der Waals surface area contributed by atoms with Gasteiger partial charge in [-0.25, -0.2) is 4.39 Å². The van der Waals surface area contributed by atoms with Gasteiger partial charge in [0.05, 0.1) is 5.56 Å². The van der Waals surface area contributed by atoms with E-state index in [1.807, 2.05) is 11.6 Å². The number of aromatic nitrogens is 1. The zero-order valence-corrected chi connectivity index (χ0v) is 13.4. The molecule has 0 spiro atoms. The number of nitrogens with zero attached hydrogens (tertiary/aromatic N) is 1. The van der Waals surface area contributed by atoms with E-state index in [1.54, 1.807) is 12.3 Å². The summed E-state index contributed by atoms with van der Waals surface area (Å²) in [7, 11) is 1.85. The van der Waals surface area contributed by atoms with Crippen molar-refractivity contribution in [2.75, 3.05) is 6.61 Å². The number of benzene rings is 1. The van der Waals surface area contributed by atoms with Gasteiger partial charge in [0.15, 0.2) is 0 Å². The minimum absolute atomic E-state index is 0.0600. The number of halogens is 1. The van der Waals surface area contributed by atoms with Gasteiger partial charge in [-0.05, 0) is 37.5 Å². The maximum Gasteiger partial charge on any atom is 0.253 e. The number of fused-ring (bicyclic) bond motifs is 1. The lowest BCUT2D eigenvalue weighted by molar-refractivity contribution is 0.0837. The highest BCUT2D eigenvalue weighted by Gasteiger charge is 2.33. The first kappa shape index (κ1) is 16.0. The second-order valence-electron chi connectivity index (χ2n) is 6.58. The number of rotatable bonds is 4. The van der Waals surface area contributed by atoms with Crippen molar-refractivity contribution in [2.45, 2.75) is 44.1 Å². The summed E-state index contributed by atoms with van der Waals surface area (Å²) < 4.78 is 15.4.